The molecule has 154 valence electrons. The van der Waals surface area contributed by atoms with Gasteiger partial charge in [-0.3, -0.25) is 4.99 Å². The highest BCUT2D eigenvalue weighted by Crippen LogP contribution is 2.06. The van der Waals surface area contributed by atoms with Crippen LogP contribution >= 0.6 is 24.0 Å². The normalized spacial score (nSPS) is 11.0. The minimum absolute atomic E-state index is 0. The van der Waals surface area contributed by atoms with E-state index in [1.54, 1.807) is 19.2 Å². The fourth-order valence-electron chi connectivity index (χ4n) is 3.02. The Morgan fingerprint density at radius 2 is 1.72 bits per heavy atom. The van der Waals surface area contributed by atoms with Gasteiger partial charge in [-0.2, -0.15) is 0 Å². The Hall–Kier alpha value is -2.42. The van der Waals surface area contributed by atoms with E-state index in [0.29, 0.717) is 6.54 Å². The number of guanidine groups is 1. The Morgan fingerprint density at radius 1 is 1.00 bits per heavy atom. The lowest BCUT2D eigenvalue weighted by Crippen LogP contribution is -2.39. The first-order chi connectivity index (χ1) is 13.7. The maximum Gasteiger partial charge on any atom is 0.191 e. The first kappa shape index (κ1) is 22.9. The van der Waals surface area contributed by atoms with Crippen molar-refractivity contribution < 1.29 is 4.39 Å². The number of benzene rings is 2. The maximum absolute atomic E-state index is 13.2. The molecule has 0 saturated carbocycles. The fourth-order valence-corrected chi connectivity index (χ4v) is 3.02. The van der Waals surface area contributed by atoms with Gasteiger partial charge in [-0.25, -0.2) is 9.37 Å². The predicted octanol–water partition coefficient (Wildman–Crippen LogP) is 3.64. The van der Waals surface area contributed by atoms with E-state index in [0.717, 1.165) is 43.3 Å². The van der Waals surface area contributed by atoms with Gasteiger partial charge in [-0.05, 0) is 29.7 Å². The number of imidazole rings is 1. The third kappa shape index (κ3) is 7.49. The van der Waals surface area contributed by atoms with E-state index in [1.807, 2.05) is 36.7 Å². The molecular formula is C22H27FIN5. The summed E-state index contributed by atoms with van der Waals surface area (Å²) in [5, 5.41) is 6.57. The van der Waals surface area contributed by atoms with Gasteiger partial charge in [0.1, 0.15) is 11.6 Å². The lowest BCUT2D eigenvalue weighted by Gasteiger charge is -2.13. The van der Waals surface area contributed by atoms with Crippen molar-refractivity contribution >= 4 is 29.9 Å². The topological polar surface area (TPSA) is 54.2 Å². The van der Waals surface area contributed by atoms with Gasteiger partial charge >= 0.3 is 0 Å². The van der Waals surface area contributed by atoms with Crippen LogP contribution in [0, 0.1) is 5.82 Å². The lowest BCUT2D eigenvalue weighted by molar-refractivity contribution is 0.625. The van der Waals surface area contributed by atoms with Gasteiger partial charge in [0.2, 0.25) is 0 Å². The standard InChI is InChI=1S/C22H26FN5.HI/c1-24-22(26-12-10-18-8-5-9-20(23)16-18)27-13-11-21-25-14-15-28(21)17-19-6-3-2-4-7-19;/h2-9,14-16H,10-13,17H2,1H3,(H2,24,26,27);1H. The molecule has 0 fully saturated rings. The second-order valence-corrected chi connectivity index (χ2v) is 6.51. The molecule has 0 unspecified atom stereocenters. The minimum atomic E-state index is -0.203. The predicted molar refractivity (Wildman–Crippen MR) is 126 cm³/mol. The molecule has 0 spiro atoms. The summed E-state index contributed by atoms with van der Waals surface area (Å²) in [7, 11) is 1.74. The number of nitrogens with one attached hydrogen (secondary N) is 2. The number of hydrogen-bond donors (Lipinski definition) is 2. The van der Waals surface area contributed by atoms with Crippen LogP contribution in [0.4, 0.5) is 4.39 Å². The summed E-state index contributed by atoms with van der Waals surface area (Å²) >= 11 is 0. The Bertz CT molecular complexity index is 895. The van der Waals surface area contributed by atoms with Gasteiger partial charge in [0.15, 0.2) is 5.96 Å². The summed E-state index contributed by atoms with van der Waals surface area (Å²) in [5.41, 5.74) is 2.22. The lowest BCUT2D eigenvalue weighted by atomic mass is 10.1. The largest absolute Gasteiger partial charge is 0.356 e. The van der Waals surface area contributed by atoms with Crippen LogP contribution in [0.5, 0.6) is 0 Å². The van der Waals surface area contributed by atoms with E-state index in [-0.39, 0.29) is 29.8 Å². The van der Waals surface area contributed by atoms with E-state index < -0.39 is 0 Å². The summed E-state index contributed by atoms with van der Waals surface area (Å²) in [6.45, 7) is 2.23. The molecule has 2 N–H and O–H groups in total. The summed E-state index contributed by atoms with van der Waals surface area (Å²) in [6.07, 6.45) is 5.38. The zero-order chi connectivity index (χ0) is 19.6. The van der Waals surface area contributed by atoms with Crippen molar-refractivity contribution in [2.45, 2.75) is 19.4 Å². The molecule has 0 atom stereocenters. The first-order valence-corrected chi connectivity index (χ1v) is 9.47. The zero-order valence-electron chi connectivity index (χ0n) is 16.5. The molecule has 3 rings (SSSR count). The molecule has 0 aliphatic heterocycles. The van der Waals surface area contributed by atoms with E-state index in [1.165, 1.54) is 11.6 Å². The molecule has 5 nitrogen and oxygen atoms in total. The van der Waals surface area contributed by atoms with E-state index in [4.69, 9.17) is 0 Å². The van der Waals surface area contributed by atoms with Crippen LogP contribution in [0.15, 0.2) is 72.0 Å². The molecule has 0 radical (unpaired) electrons. The summed E-state index contributed by atoms with van der Waals surface area (Å²) in [4.78, 5) is 8.71. The molecule has 1 aromatic heterocycles. The van der Waals surface area contributed by atoms with Crippen molar-refractivity contribution in [2.24, 2.45) is 4.99 Å². The van der Waals surface area contributed by atoms with Crippen molar-refractivity contribution in [2.75, 3.05) is 20.1 Å². The van der Waals surface area contributed by atoms with Crippen molar-refractivity contribution in [1.82, 2.24) is 20.2 Å². The van der Waals surface area contributed by atoms with E-state index >= 15 is 0 Å². The number of aromatic nitrogens is 2. The van der Waals surface area contributed by atoms with Crippen LogP contribution in [0.1, 0.15) is 17.0 Å². The van der Waals surface area contributed by atoms with Crippen LogP contribution in [-0.2, 0) is 19.4 Å². The van der Waals surface area contributed by atoms with E-state index in [9.17, 15) is 4.39 Å². The third-order valence-electron chi connectivity index (χ3n) is 4.46. The Balaban J connectivity index is 0.00000300. The van der Waals surface area contributed by atoms with Crippen LogP contribution < -0.4 is 10.6 Å². The van der Waals surface area contributed by atoms with Gasteiger partial charge in [-0.1, -0.05) is 42.5 Å². The summed E-state index contributed by atoms with van der Waals surface area (Å²) in [5.74, 6) is 1.56. The number of hydrogen-bond acceptors (Lipinski definition) is 2. The van der Waals surface area contributed by atoms with Crippen molar-refractivity contribution in [3.05, 3.63) is 89.8 Å². The van der Waals surface area contributed by atoms with Crippen LogP contribution in [0.25, 0.3) is 0 Å². The van der Waals surface area contributed by atoms with Gasteiger partial charge in [0.25, 0.3) is 0 Å². The highest BCUT2D eigenvalue weighted by molar-refractivity contribution is 14.0. The van der Waals surface area contributed by atoms with E-state index in [2.05, 4.69) is 37.3 Å². The molecule has 0 saturated heterocycles. The number of halogens is 2. The zero-order valence-corrected chi connectivity index (χ0v) is 18.8. The monoisotopic (exact) mass is 507 g/mol. The average molecular weight is 507 g/mol. The molecular weight excluding hydrogens is 480 g/mol. The summed E-state index contributed by atoms with van der Waals surface area (Å²) < 4.78 is 15.4. The highest BCUT2D eigenvalue weighted by Gasteiger charge is 2.05. The fraction of sp³-hybridized carbons (Fsp3) is 0.273. The molecule has 0 aliphatic carbocycles. The van der Waals surface area contributed by atoms with Crippen molar-refractivity contribution in [1.29, 1.82) is 0 Å². The SMILES string of the molecule is CN=C(NCCc1cccc(F)c1)NCCc1nccn1Cc1ccccc1.I. The summed E-state index contributed by atoms with van der Waals surface area (Å²) in [6, 6.07) is 17.0. The average Bonchev–Trinajstić information content (AvgIpc) is 3.14. The minimum Gasteiger partial charge on any atom is -0.356 e. The molecule has 3 aromatic rings. The Kier molecular flexibility index (Phi) is 9.63. The van der Waals surface area contributed by atoms with Gasteiger partial charge in [-0.15, -0.1) is 24.0 Å². The molecule has 0 aliphatic rings. The van der Waals surface area contributed by atoms with Crippen LogP contribution in [0.2, 0.25) is 0 Å². The maximum atomic E-state index is 13.2. The van der Waals surface area contributed by atoms with Crippen molar-refractivity contribution in [3.8, 4) is 0 Å². The Morgan fingerprint density at radius 3 is 2.45 bits per heavy atom. The number of nitrogens with zero attached hydrogens (tertiary/aromatic N) is 3. The third-order valence-corrected chi connectivity index (χ3v) is 4.46. The molecule has 0 bridgehead atoms. The van der Waals surface area contributed by atoms with Gasteiger partial charge < -0.3 is 15.2 Å². The smallest absolute Gasteiger partial charge is 0.191 e. The molecule has 7 heteroatoms. The van der Waals surface area contributed by atoms with Gasteiger partial charge in [0, 0.05) is 45.5 Å². The highest BCUT2D eigenvalue weighted by atomic mass is 127. The van der Waals surface area contributed by atoms with Crippen molar-refractivity contribution in [3.63, 3.8) is 0 Å². The van der Waals surface area contributed by atoms with Crippen LogP contribution in [-0.4, -0.2) is 35.6 Å². The Labute approximate surface area is 188 Å². The molecule has 2 aromatic carbocycles. The second-order valence-electron chi connectivity index (χ2n) is 6.51. The number of aliphatic imine (C=N–C) groups is 1. The molecule has 1 heterocycles. The second kappa shape index (κ2) is 12.2. The van der Waals surface area contributed by atoms with Crippen LogP contribution in [0.3, 0.4) is 0 Å². The van der Waals surface area contributed by atoms with Gasteiger partial charge in [0.05, 0.1) is 0 Å². The quantitative estimate of drug-likeness (QED) is 0.278. The first-order valence-electron chi connectivity index (χ1n) is 9.47. The number of rotatable bonds is 8. The molecule has 0 amide bonds. The molecule has 29 heavy (non-hydrogen) atoms.